The standard InChI is InChI=1S/C16H25NO3/c1-12(18)14-8-4-5-10-17(14)11-13-7-6-9-15(19-2)16(13)20-3/h6-7,9,12,14,18H,4-5,8,10-11H2,1-3H3. The van der Waals surface area contributed by atoms with E-state index in [-0.39, 0.29) is 12.1 Å². The Balaban J connectivity index is 2.19. The van der Waals surface area contributed by atoms with Gasteiger partial charge in [0.05, 0.1) is 20.3 Å². The summed E-state index contributed by atoms with van der Waals surface area (Å²) in [6, 6.07) is 6.19. The first-order chi connectivity index (χ1) is 9.67. The van der Waals surface area contributed by atoms with E-state index < -0.39 is 0 Å². The third kappa shape index (κ3) is 3.25. The summed E-state index contributed by atoms with van der Waals surface area (Å²) in [5.41, 5.74) is 1.11. The molecule has 1 aromatic rings. The van der Waals surface area contributed by atoms with Gasteiger partial charge in [-0.25, -0.2) is 0 Å². The zero-order chi connectivity index (χ0) is 14.5. The molecule has 1 heterocycles. The molecule has 112 valence electrons. The summed E-state index contributed by atoms with van der Waals surface area (Å²) in [5.74, 6) is 1.56. The Morgan fingerprint density at radius 3 is 2.75 bits per heavy atom. The van der Waals surface area contributed by atoms with E-state index in [1.54, 1.807) is 14.2 Å². The van der Waals surface area contributed by atoms with Crippen molar-refractivity contribution in [3.63, 3.8) is 0 Å². The number of aliphatic hydroxyl groups is 1. The Bertz CT molecular complexity index is 434. The predicted octanol–water partition coefficient (Wildman–Crippen LogP) is 2.44. The van der Waals surface area contributed by atoms with Crippen LogP contribution in [-0.4, -0.2) is 42.9 Å². The van der Waals surface area contributed by atoms with Gasteiger partial charge in [0, 0.05) is 18.2 Å². The molecule has 0 aromatic heterocycles. The summed E-state index contributed by atoms with van der Waals surface area (Å²) in [6.45, 7) is 3.69. The zero-order valence-corrected chi connectivity index (χ0v) is 12.6. The van der Waals surface area contributed by atoms with Crippen LogP contribution in [0.5, 0.6) is 11.5 Å². The van der Waals surface area contributed by atoms with Gasteiger partial charge >= 0.3 is 0 Å². The van der Waals surface area contributed by atoms with Crippen LogP contribution in [0.1, 0.15) is 31.7 Å². The van der Waals surface area contributed by atoms with E-state index in [4.69, 9.17) is 9.47 Å². The molecule has 1 saturated heterocycles. The molecule has 1 aliphatic rings. The maximum absolute atomic E-state index is 9.96. The van der Waals surface area contributed by atoms with Crippen molar-refractivity contribution in [2.24, 2.45) is 0 Å². The molecule has 1 N–H and O–H groups in total. The van der Waals surface area contributed by atoms with Crippen molar-refractivity contribution in [3.05, 3.63) is 23.8 Å². The number of hydrogen-bond acceptors (Lipinski definition) is 4. The fourth-order valence-electron chi connectivity index (χ4n) is 3.06. The highest BCUT2D eigenvalue weighted by Gasteiger charge is 2.27. The van der Waals surface area contributed by atoms with Crippen molar-refractivity contribution in [2.75, 3.05) is 20.8 Å². The minimum Gasteiger partial charge on any atom is -0.493 e. The molecule has 20 heavy (non-hydrogen) atoms. The molecule has 4 nitrogen and oxygen atoms in total. The third-order valence-corrected chi connectivity index (χ3v) is 4.08. The van der Waals surface area contributed by atoms with Crippen molar-refractivity contribution < 1.29 is 14.6 Å². The average Bonchev–Trinajstić information content (AvgIpc) is 2.47. The van der Waals surface area contributed by atoms with E-state index >= 15 is 0 Å². The smallest absolute Gasteiger partial charge is 0.165 e. The second-order valence-corrected chi connectivity index (χ2v) is 5.43. The van der Waals surface area contributed by atoms with E-state index in [1.807, 2.05) is 19.1 Å². The van der Waals surface area contributed by atoms with Gasteiger partial charge < -0.3 is 14.6 Å². The third-order valence-electron chi connectivity index (χ3n) is 4.08. The fourth-order valence-corrected chi connectivity index (χ4v) is 3.06. The highest BCUT2D eigenvalue weighted by Crippen LogP contribution is 2.33. The highest BCUT2D eigenvalue weighted by atomic mass is 16.5. The number of hydrogen-bond donors (Lipinski definition) is 1. The summed E-state index contributed by atoms with van der Waals surface area (Å²) >= 11 is 0. The lowest BCUT2D eigenvalue weighted by Gasteiger charge is -2.37. The first-order valence-electron chi connectivity index (χ1n) is 7.29. The number of likely N-dealkylation sites (tertiary alicyclic amines) is 1. The Kier molecular flexibility index (Phi) is 5.26. The summed E-state index contributed by atoms with van der Waals surface area (Å²) in [4.78, 5) is 2.35. The molecule has 1 aliphatic heterocycles. The Labute approximate surface area is 121 Å². The number of piperidine rings is 1. The molecule has 0 aliphatic carbocycles. The lowest BCUT2D eigenvalue weighted by Crippen LogP contribution is -2.45. The Hall–Kier alpha value is -1.26. The summed E-state index contributed by atoms with van der Waals surface area (Å²) < 4.78 is 10.8. The molecule has 1 aromatic carbocycles. The monoisotopic (exact) mass is 279 g/mol. The molecule has 2 rings (SSSR count). The van der Waals surface area contributed by atoms with Gasteiger partial charge in [-0.05, 0) is 32.4 Å². The van der Waals surface area contributed by atoms with Gasteiger partial charge in [-0.15, -0.1) is 0 Å². The van der Waals surface area contributed by atoms with Crippen LogP contribution in [0.15, 0.2) is 18.2 Å². The number of rotatable bonds is 5. The van der Waals surface area contributed by atoms with E-state index in [1.165, 1.54) is 12.8 Å². The molecule has 0 amide bonds. The summed E-state index contributed by atoms with van der Waals surface area (Å²) in [6.07, 6.45) is 3.15. The largest absolute Gasteiger partial charge is 0.493 e. The summed E-state index contributed by atoms with van der Waals surface area (Å²) in [5, 5.41) is 9.96. The molecule has 0 radical (unpaired) electrons. The Morgan fingerprint density at radius 2 is 2.10 bits per heavy atom. The average molecular weight is 279 g/mol. The van der Waals surface area contributed by atoms with Crippen molar-refractivity contribution >= 4 is 0 Å². The number of aliphatic hydroxyl groups excluding tert-OH is 1. The predicted molar refractivity (Wildman–Crippen MR) is 79.3 cm³/mol. The van der Waals surface area contributed by atoms with E-state index in [0.29, 0.717) is 0 Å². The number of nitrogens with zero attached hydrogens (tertiary/aromatic N) is 1. The number of para-hydroxylation sites is 1. The van der Waals surface area contributed by atoms with Gasteiger partial charge in [0.2, 0.25) is 0 Å². The Morgan fingerprint density at radius 1 is 1.30 bits per heavy atom. The molecular weight excluding hydrogens is 254 g/mol. The SMILES string of the molecule is COc1cccc(CN2CCCCC2C(C)O)c1OC. The van der Waals surface area contributed by atoms with Crippen LogP contribution in [0.2, 0.25) is 0 Å². The maximum Gasteiger partial charge on any atom is 0.165 e. The fraction of sp³-hybridized carbons (Fsp3) is 0.625. The van der Waals surface area contributed by atoms with Crippen LogP contribution in [0.25, 0.3) is 0 Å². The normalized spacial score (nSPS) is 21.5. The van der Waals surface area contributed by atoms with Crippen LogP contribution in [-0.2, 0) is 6.54 Å². The van der Waals surface area contributed by atoms with Crippen LogP contribution in [0, 0.1) is 0 Å². The van der Waals surface area contributed by atoms with Gasteiger partial charge in [0.25, 0.3) is 0 Å². The second-order valence-electron chi connectivity index (χ2n) is 5.43. The van der Waals surface area contributed by atoms with Gasteiger partial charge in [-0.1, -0.05) is 18.6 Å². The van der Waals surface area contributed by atoms with Gasteiger partial charge in [0.1, 0.15) is 0 Å². The molecule has 0 saturated carbocycles. The van der Waals surface area contributed by atoms with Gasteiger partial charge in [-0.3, -0.25) is 4.90 Å². The van der Waals surface area contributed by atoms with Crippen LogP contribution in [0.4, 0.5) is 0 Å². The highest BCUT2D eigenvalue weighted by molar-refractivity contribution is 5.46. The molecule has 1 fully saturated rings. The van der Waals surface area contributed by atoms with E-state index in [2.05, 4.69) is 11.0 Å². The molecular formula is C16H25NO3. The van der Waals surface area contributed by atoms with Gasteiger partial charge in [0.15, 0.2) is 11.5 Å². The van der Waals surface area contributed by atoms with Crippen molar-refractivity contribution in [2.45, 2.75) is 44.9 Å². The van der Waals surface area contributed by atoms with Crippen molar-refractivity contribution in [3.8, 4) is 11.5 Å². The first kappa shape index (κ1) is 15.1. The molecule has 2 unspecified atom stereocenters. The first-order valence-corrected chi connectivity index (χ1v) is 7.29. The summed E-state index contributed by atoms with van der Waals surface area (Å²) in [7, 11) is 3.32. The van der Waals surface area contributed by atoms with Crippen molar-refractivity contribution in [1.29, 1.82) is 0 Å². The minimum atomic E-state index is -0.299. The number of ether oxygens (including phenoxy) is 2. The van der Waals surface area contributed by atoms with E-state index in [0.717, 1.165) is 36.6 Å². The van der Waals surface area contributed by atoms with Crippen LogP contribution >= 0.6 is 0 Å². The van der Waals surface area contributed by atoms with Crippen molar-refractivity contribution in [1.82, 2.24) is 4.90 Å². The lowest BCUT2D eigenvalue weighted by atomic mass is 9.97. The molecule has 0 spiro atoms. The van der Waals surface area contributed by atoms with E-state index in [9.17, 15) is 5.11 Å². The van der Waals surface area contributed by atoms with Crippen LogP contribution in [0.3, 0.4) is 0 Å². The second kappa shape index (κ2) is 6.95. The molecule has 4 heteroatoms. The van der Waals surface area contributed by atoms with Crippen LogP contribution < -0.4 is 9.47 Å². The van der Waals surface area contributed by atoms with Gasteiger partial charge in [-0.2, -0.15) is 0 Å². The molecule has 2 atom stereocenters. The molecule has 0 bridgehead atoms. The minimum absolute atomic E-state index is 0.236. The zero-order valence-electron chi connectivity index (χ0n) is 12.6. The quantitative estimate of drug-likeness (QED) is 0.899. The number of methoxy groups -OCH3 is 2. The lowest BCUT2D eigenvalue weighted by molar-refractivity contribution is 0.0312. The maximum atomic E-state index is 9.96. The number of benzene rings is 1. The topological polar surface area (TPSA) is 41.9 Å².